The summed E-state index contributed by atoms with van der Waals surface area (Å²) < 4.78 is 5.33. The number of hydrogen-bond acceptors (Lipinski definition) is 5. The van der Waals surface area contributed by atoms with Crippen molar-refractivity contribution < 1.29 is 14.6 Å². The number of aliphatic hydroxyl groups is 1. The van der Waals surface area contributed by atoms with Gasteiger partial charge in [0.25, 0.3) is 5.56 Å². The Hall–Kier alpha value is -4.03. The summed E-state index contributed by atoms with van der Waals surface area (Å²) in [5.41, 5.74) is 2.36. The quantitative estimate of drug-likeness (QED) is 0.355. The van der Waals surface area contributed by atoms with Crippen LogP contribution in [0.4, 0.5) is 0 Å². The zero-order valence-corrected chi connectivity index (χ0v) is 16.6. The number of ketones is 1. The minimum atomic E-state index is -0.457. The molecule has 0 aliphatic rings. The lowest BCUT2D eigenvalue weighted by atomic mass is 9.94. The summed E-state index contributed by atoms with van der Waals surface area (Å²) in [6.45, 7) is 0.159. The fourth-order valence-corrected chi connectivity index (χ4v) is 3.38. The summed E-state index contributed by atoms with van der Waals surface area (Å²) in [7, 11) is 0. The molecule has 0 aliphatic carbocycles. The van der Waals surface area contributed by atoms with Crippen LogP contribution in [0.25, 0.3) is 28.1 Å². The third-order valence-electron chi connectivity index (χ3n) is 4.79. The van der Waals surface area contributed by atoms with Crippen LogP contribution in [0.5, 0.6) is 5.75 Å². The number of carbonyl (C=O) groups is 1. The molecule has 0 radical (unpaired) electrons. The van der Waals surface area contributed by atoms with Gasteiger partial charge < -0.3 is 14.8 Å². The second kappa shape index (κ2) is 9.19. The van der Waals surface area contributed by atoms with Gasteiger partial charge in [-0.25, -0.2) is 0 Å². The molecule has 0 fully saturated rings. The van der Waals surface area contributed by atoms with Gasteiger partial charge in [0, 0.05) is 17.1 Å². The SMILES string of the molecule is O=C(/C=C/c1ccc(OCCO)cc1)c1c(-c2ccccc2)c2ccncc2[nH]c1=O. The summed E-state index contributed by atoms with van der Waals surface area (Å²) in [4.78, 5) is 32.8. The highest BCUT2D eigenvalue weighted by atomic mass is 16.5. The highest BCUT2D eigenvalue weighted by molar-refractivity contribution is 6.14. The highest BCUT2D eigenvalue weighted by Gasteiger charge is 2.19. The Bertz CT molecular complexity index is 1290. The predicted octanol–water partition coefficient (Wildman–Crippen LogP) is 3.86. The molecule has 154 valence electrons. The molecule has 2 N–H and O–H groups in total. The van der Waals surface area contributed by atoms with Crippen molar-refractivity contribution in [2.75, 3.05) is 13.2 Å². The second-order valence-electron chi connectivity index (χ2n) is 6.83. The molecule has 0 amide bonds. The molecular formula is C25H20N2O4. The molecule has 2 aromatic carbocycles. The van der Waals surface area contributed by atoms with E-state index in [4.69, 9.17) is 9.84 Å². The maximum Gasteiger partial charge on any atom is 0.260 e. The summed E-state index contributed by atoms with van der Waals surface area (Å²) >= 11 is 0. The van der Waals surface area contributed by atoms with E-state index in [0.717, 1.165) is 16.5 Å². The fraction of sp³-hybridized carbons (Fsp3) is 0.0800. The molecule has 2 aromatic heterocycles. The topological polar surface area (TPSA) is 92.3 Å². The van der Waals surface area contributed by atoms with E-state index in [1.54, 1.807) is 48.8 Å². The van der Waals surface area contributed by atoms with E-state index in [1.807, 2.05) is 30.3 Å². The first-order valence-corrected chi connectivity index (χ1v) is 9.79. The van der Waals surface area contributed by atoms with Crippen LogP contribution in [0.15, 0.2) is 83.9 Å². The first-order chi connectivity index (χ1) is 15.2. The fourth-order valence-electron chi connectivity index (χ4n) is 3.38. The van der Waals surface area contributed by atoms with Gasteiger partial charge in [-0.2, -0.15) is 0 Å². The molecule has 4 rings (SSSR count). The van der Waals surface area contributed by atoms with Gasteiger partial charge in [0.1, 0.15) is 12.4 Å². The van der Waals surface area contributed by atoms with Crippen molar-refractivity contribution in [2.45, 2.75) is 0 Å². The van der Waals surface area contributed by atoms with Gasteiger partial charge in [0.15, 0.2) is 5.78 Å². The van der Waals surface area contributed by atoms with Gasteiger partial charge in [0.05, 0.1) is 23.9 Å². The number of fused-ring (bicyclic) bond motifs is 1. The van der Waals surface area contributed by atoms with Gasteiger partial charge in [-0.05, 0) is 35.4 Å². The normalized spacial score (nSPS) is 11.1. The number of rotatable bonds is 7. The average molecular weight is 412 g/mol. The van der Waals surface area contributed by atoms with Crippen LogP contribution in [0.2, 0.25) is 0 Å². The summed E-state index contributed by atoms with van der Waals surface area (Å²) in [5.74, 6) is 0.239. The Labute approximate surface area is 178 Å². The van der Waals surface area contributed by atoms with E-state index in [0.29, 0.717) is 16.8 Å². The number of carbonyl (C=O) groups excluding carboxylic acids is 1. The van der Waals surface area contributed by atoms with Crippen LogP contribution < -0.4 is 10.3 Å². The number of ether oxygens (including phenoxy) is 1. The lowest BCUT2D eigenvalue weighted by molar-refractivity contribution is 0.104. The second-order valence-corrected chi connectivity index (χ2v) is 6.83. The monoisotopic (exact) mass is 412 g/mol. The number of hydrogen-bond donors (Lipinski definition) is 2. The van der Waals surface area contributed by atoms with Crippen molar-refractivity contribution >= 4 is 22.8 Å². The van der Waals surface area contributed by atoms with E-state index in [1.165, 1.54) is 6.08 Å². The molecule has 0 atom stereocenters. The van der Waals surface area contributed by atoms with Crippen molar-refractivity contribution in [3.05, 3.63) is 101 Å². The maximum atomic E-state index is 13.1. The summed E-state index contributed by atoms with van der Waals surface area (Å²) in [5, 5.41) is 9.58. The smallest absolute Gasteiger partial charge is 0.260 e. The number of pyridine rings is 2. The summed E-state index contributed by atoms with van der Waals surface area (Å²) in [6, 6.07) is 18.3. The zero-order valence-electron chi connectivity index (χ0n) is 16.6. The number of benzene rings is 2. The third-order valence-corrected chi connectivity index (χ3v) is 4.79. The number of aromatic amines is 1. The third kappa shape index (κ3) is 4.44. The van der Waals surface area contributed by atoms with E-state index in [-0.39, 0.29) is 24.6 Å². The number of nitrogens with one attached hydrogen (secondary N) is 1. The molecule has 0 aliphatic heterocycles. The first kappa shape index (κ1) is 20.3. The Kier molecular flexibility index (Phi) is 6.01. The molecular weight excluding hydrogens is 392 g/mol. The maximum absolute atomic E-state index is 13.1. The highest BCUT2D eigenvalue weighted by Crippen LogP contribution is 2.29. The van der Waals surface area contributed by atoms with Crippen LogP contribution in [0, 0.1) is 0 Å². The van der Waals surface area contributed by atoms with Gasteiger partial charge in [-0.1, -0.05) is 48.5 Å². The van der Waals surface area contributed by atoms with Crippen molar-refractivity contribution in [3.8, 4) is 16.9 Å². The molecule has 0 spiro atoms. The molecule has 4 aromatic rings. The van der Waals surface area contributed by atoms with Crippen molar-refractivity contribution in [1.82, 2.24) is 9.97 Å². The molecule has 0 unspecified atom stereocenters. The lowest BCUT2D eigenvalue weighted by Gasteiger charge is -2.11. The molecule has 31 heavy (non-hydrogen) atoms. The molecule has 6 heteroatoms. The Morgan fingerprint density at radius 1 is 1.06 bits per heavy atom. The van der Waals surface area contributed by atoms with Crippen molar-refractivity contribution in [3.63, 3.8) is 0 Å². The van der Waals surface area contributed by atoms with Gasteiger partial charge in [-0.3, -0.25) is 14.6 Å². The minimum absolute atomic E-state index is 0.0593. The van der Waals surface area contributed by atoms with Gasteiger partial charge in [0.2, 0.25) is 0 Å². The number of allylic oxidation sites excluding steroid dienone is 1. The van der Waals surface area contributed by atoms with Crippen LogP contribution in [-0.4, -0.2) is 34.1 Å². The average Bonchev–Trinajstić information content (AvgIpc) is 2.81. The number of aliphatic hydroxyl groups excluding tert-OH is 1. The molecule has 6 nitrogen and oxygen atoms in total. The molecule has 0 bridgehead atoms. The van der Waals surface area contributed by atoms with Crippen LogP contribution >= 0.6 is 0 Å². The van der Waals surface area contributed by atoms with E-state index >= 15 is 0 Å². The largest absolute Gasteiger partial charge is 0.491 e. The van der Waals surface area contributed by atoms with E-state index in [9.17, 15) is 9.59 Å². The van der Waals surface area contributed by atoms with Gasteiger partial charge in [-0.15, -0.1) is 0 Å². The van der Waals surface area contributed by atoms with E-state index < -0.39 is 5.56 Å². The molecule has 0 saturated carbocycles. The van der Waals surface area contributed by atoms with E-state index in [2.05, 4.69) is 9.97 Å². The Balaban J connectivity index is 1.73. The first-order valence-electron chi connectivity index (χ1n) is 9.79. The lowest BCUT2D eigenvalue weighted by Crippen LogP contribution is -2.18. The van der Waals surface area contributed by atoms with Crippen LogP contribution in [-0.2, 0) is 0 Å². The van der Waals surface area contributed by atoms with Crippen molar-refractivity contribution in [2.24, 2.45) is 0 Å². The Morgan fingerprint density at radius 3 is 2.58 bits per heavy atom. The Morgan fingerprint density at radius 2 is 1.84 bits per heavy atom. The minimum Gasteiger partial charge on any atom is -0.491 e. The van der Waals surface area contributed by atoms with Crippen LogP contribution in [0.3, 0.4) is 0 Å². The zero-order chi connectivity index (χ0) is 21.6. The van der Waals surface area contributed by atoms with Gasteiger partial charge >= 0.3 is 0 Å². The van der Waals surface area contributed by atoms with Crippen molar-refractivity contribution in [1.29, 1.82) is 0 Å². The number of nitrogens with zero attached hydrogens (tertiary/aromatic N) is 1. The number of H-pyrrole nitrogens is 1. The predicted molar refractivity (Wildman–Crippen MR) is 120 cm³/mol. The summed E-state index contributed by atoms with van der Waals surface area (Å²) in [6.07, 6.45) is 6.27. The number of aromatic nitrogens is 2. The van der Waals surface area contributed by atoms with Crippen LogP contribution in [0.1, 0.15) is 15.9 Å². The molecule has 0 saturated heterocycles. The molecule has 2 heterocycles. The standard InChI is InChI=1S/C25H20N2O4/c28-14-15-31-19-9-6-17(7-10-19)8-11-22(29)24-23(18-4-2-1-3-5-18)20-12-13-26-16-21(20)27-25(24)30/h1-13,16,28H,14-15H2,(H,27,30)/b11-8+.